The molecule has 0 fully saturated rings. The molecule has 0 aliphatic carbocycles. The number of hydrogen-bond donors (Lipinski definition) is 1. The minimum Gasteiger partial charge on any atom is -0.330 e. The van der Waals surface area contributed by atoms with Crippen LogP contribution < -0.4 is 5.73 Å². The molecule has 0 amide bonds. The molecule has 178 valence electrons. The lowest BCUT2D eigenvalue weighted by atomic mass is 10.1. The summed E-state index contributed by atoms with van der Waals surface area (Å²) in [6.45, 7) is 9.83. The summed E-state index contributed by atoms with van der Waals surface area (Å²) in [5.74, 6) is 0. The van der Waals surface area contributed by atoms with Crippen LogP contribution >= 0.6 is 7.92 Å². The van der Waals surface area contributed by atoms with Gasteiger partial charge in [0.05, 0.1) is 0 Å². The third-order valence-electron chi connectivity index (χ3n) is 5.77. The second kappa shape index (κ2) is 30.6. The van der Waals surface area contributed by atoms with Crippen molar-refractivity contribution in [3.8, 4) is 0 Å². The van der Waals surface area contributed by atoms with E-state index in [0.717, 1.165) is 13.0 Å². The van der Waals surface area contributed by atoms with Crippen LogP contribution in [0, 0.1) is 0 Å². The Morgan fingerprint density at radius 2 is 0.621 bits per heavy atom. The highest BCUT2D eigenvalue weighted by atomic mass is 31.1. The largest absolute Gasteiger partial charge is 0.330 e. The van der Waals surface area contributed by atoms with Gasteiger partial charge in [0.15, 0.2) is 0 Å². The van der Waals surface area contributed by atoms with Crippen LogP contribution in [0.2, 0.25) is 0 Å². The van der Waals surface area contributed by atoms with Crippen molar-refractivity contribution in [2.75, 3.05) is 25.0 Å². The quantitative estimate of drug-likeness (QED) is 0.134. The van der Waals surface area contributed by atoms with E-state index in [2.05, 4.69) is 27.7 Å². The second-order valence-corrected chi connectivity index (χ2v) is 11.6. The lowest BCUT2D eigenvalue weighted by Gasteiger charge is -2.18. The first kappa shape index (κ1) is 31.6. The summed E-state index contributed by atoms with van der Waals surface area (Å²) in [4.78, 5) is 0. The minimum atomic E-state index is 0.366. The van der Waals surface area contributed by atoms with Gasteiger partial charge in [-0.25, -0.2) is 0 Å². The van der Waals surface area contributed by atoms with Gasteiger partial charge in [0.25, 0.3) is 0 Å². The summed E-state index contributed by atoms with van der Waals surface area (Å²) in [5, 5.41) is 0. The smallest absolute Gasteiger partial charge is 0.00799 e. The van der Waals surface area contributed by atoms with Crippen LogP contribution in [0.15, 0.2) is 0 Å². The van der Waals surface area contributed by atoms with Gasteiger partial charge in [0.2, 0.25) is 0 Å². The molecule has 0 saturated heterocycles. The van der Waals surface area contributed by atoms with Crippen LogP contribution in [0.25, 0.3) is 0 Å². The normalized spacial score (nSPS) is 11.0. The zero-order valence-electron chi connectivity index (χ0n) is 21.3. The Bertz CT molecular complexity index is 217. The zero-order chi connectivity index (χ0) is 21.8. The van der Waals surface area contributed by atoms with Gasteiger partial charge in [-0.1, -0.05) is 124 Å². The molecule has 29 heavy (non-hydrogen) atoms. The fraction of sp³-hybridized carbons (Fsp3) is 1.00. The summed E-state index contributed by atoms with van der Waals surface area (Å²) in [5.41, 5.74) is 5.03. The molecular weight excluding hydrogens is 369 g/mol. The van der Waals surface area contributed by atoms with E-state index in [-0.39, 0.29) is 0 Å². The average molecular weight is 430 g/mol. The van der Waals surface area contributed by atoms with Gasteiger partial charge in [0.1, 0.15) is 0 Å². The van der Waals surface area contributed by atoms with Gasteiger partial charge in [-0.15, -0.1) is 7.92 Å². The maximum Gasteiger partial charge on any atom is -0.00799 e. The molecule has 0 aromatic heterocycles. The van der Waals surface area contributed by atoms with E-state index >= 15 is 0 Å². The number of hydrogen-bond acceptors (Lipinski definition) is 1. The van der Waals surface area contributed by atoms with Crippen LogP contribution in [-0.4, -0.2) is 25.0 Å². The third kappa shape index (κ3) is 30.7. The van der Waals surface area contributed by atoms with Crippen molar-refractivity contribution in [2.24, 2.45) is 5.73 Å². The SMILES string of the molecule is CCCCCCCCP(CCCCCCCC)CCCCCCCC.CCCN. The molecule has 0 rings (SSSR count). The lowest BCUT2D eigenvalue weighted by Crippen LogP contribution is -1.97. The maximum absolute atomic E-state index is 5.03. The molecule has 0 heterocycles. The third-order valence-corrected chi connectivity index (χ3v) is 8.62. The fourth-order valence-electron chi connectivity index (χ4n) is 3.68. The molecule has 0 aromatic rings. The number of unbranched alkanes of at least 4 members (excludes halogenated alkanes) is 15. The van der Waals surface area contributed by atoms with E-state index in [0.29, 0.717) is 7.92 Å². The summed E-state index contributed by atoms with van der Waals surface area (Å²) < 4.78 is 0. The van der Waals surface area contributed by atoms with E-state index in [9.17, 15) is 0 Å². The molecule has 0 spiro atoms. The molecule has 0 aliphatic heterocycles. The van der Waals surface area contributed by atoms with Crippen LogP contribution in [0.5, 0.6) is 0 Å². The Balaban J connectivity index is 0. The number of nitrogens with two attached hydrogens (primary N) is 1. The molecule has 0 atom stereocenters. The minimum absolute atomic E-state index is 0.366. The molecule has 1 nitrogen and oxygen atoms in total. The van der Waals surface area contributed by atoms with Crippen molar-refractivity contribution in [2.45, 2.75) is 150 Å². The fourth-order valence-corrected chi connectivity index (χ4v) is 6.37. The standard InChI is InChI=1S/C24H51P.C3H9N/c1-4-7-10-13-16-19-22-25(23-20-17-14-11-8-5-2)24-21-18-15-12-9-6-3;1-2-3-4/h4-24H2,1-3H3;2-4H2,1H3. The van der Waals surface area contributed by atoms with Crippen LogP contribution in [0.3, 0.4) is 0 Å². The van der Waals surface area contributed by atoms with E-state index in [1.807, 2.05) is 0 Å². The highest BCUT2D eigenvalue weighted by molar-refractivity contribution is 7.57. The van der Waals surface area contributed by atoms with Gasteiger partial charge in [0, 0.05) is 0 Å². The Hall–Kier alpha value is 0.390. The summed E-state index contributed by atoms with van der Waals surface area (Å²) in [6.07, 6.45) is 32.3. The Morgan fingerprint density at radius 1 is 0.379 bits per heavy atom. The van der Waals surface area contributed by atoms with Crippen LogP contribution in [0.4, 0.5) is 0 Å². The Labute approximate surface area is 188 Å². The highest BCUT2D eigenvalue weighted by Gasteiger charge is 2.07. The van der Waals surface area contributed by atoms with Gasteiger partial charge in [-0.05, 0) is 50.7 Å². The van der Waals surface area contributed by atoms with Crippen molar-refractivity contribution >= 4 is 7.92 Å². The van der Waals surface area contributed by atoms with E-state index in [4.69, 9.17) is 5.73 Å². The van der Waals surface area contributed by atoms with Crippen LogP contribution in [-0.2, 0) is 0 Å². The first-order valence-corrected chi connectivity index (χ1v) is 15.6. The highest BCUT2D eigenvalue weighted by Crippen LogP contribution is 2.39. The predicted molar refractivity (Wildman–Crippen MR) is 141 cm³/mol. The van der Waals surface area contributed by atoms with Gasteiger partial charge < -0.3 is 5.73 Å². The number of rotatable bonds is 22. The van der Waals surface area contributed by atoms with Crippen molar-refractivity contribution in [1.82, 2.24) is 0 Å². The summed E-state index contributed by atoms with van der Waals surface area (Å²) in [6, 6.07) is 0. The average Bonchev–Trinajstić information content (AvgIpc) is 2.75. The summed E-state index contributed by atoms with van der Waals surface area (Å²) >= 11 is 0. The molecule has 0 radical (unpaired) electrons. The van der Waals surface area contributed by atoms with Gasteiger partial charge >= 0.3 is 0 Å². The predicted octanol–water partition coefficient (Wildman–Crippen LogP) is 9.90. The van der Waals surface area contributed by atoms with Gasteiger partial charge in [-0.2, -0.15) is 0 Å². The van der Waals surface area contributed by atoms with E-state index < -0.39 is 0 Å². The van der Waals surface area contributed by atoms with Gasteiger partial charge in [-0.3, -0.25) is 0 Å². The summed E-state index contributed by atoms with van der Waals surface area (Å²) in [7, 11) is 0.366. The van der Waals surface area contributed by atoms with E-state index in [1.54, 1.807) is 18.5 Å². The molecule has 0 unspecified atom stereocenters. The van der Waals surface area contributed by atoms with Crippen molar-refractivity contribution < 1.29 is 0 Å². The maximum atomic E-state index is 5.03. The molecule has 0 saturated carbocycles. The zero-order valence-corrected chi connectivity index (χ0v) is 22.2. The molecule has 0 aromatic carbocycles. The van der Waals surface area contributed by atoms with E-state index in [1.165, 1.54) is 116 Å². The van der Waals surface area contributed by atoms with Crippen LogP contribution in [0.1, 0.15) is 150 Å². The molecule has 0 bridgehead atoms. The molecular formula is C27H60NP. The van der Waals surface area contributed by atoms with Crippen molar-refractivity contribution in [3.63, 3.8) is 0 Å². The Kier molecular flexibility index (Phi) is 33.3. The molecule has 2 N–H and O–H groups in total. The monoisotopic (exact) mass is 429 g/mol. The first-order chi connectivity index (χ1) is 14.3. The second-order valence-electron chi connectivity index (χ2n) is 8.93. The Morgan fingerprint density at radius 3 is 0.862 bits per heavy atom. The topological polar surface area (TPSA) is 26.0 Å². The molecule has 2 heteroatoms. The lowest BCUT2D eigenvalue weighted by molar-refractivity contribution is 0.617. The molecule has 0 aliphatic rings. The van der Waals surface area contributed by atoms with Crippen molar-refractivity contribution in [3.05, 3.63) is 0 Å². The first-order valence-electron chi connectivity index (χ1n) is 13.7. The van der Waals surface area contributed by atoms with Crippen molar-refractivity contribution in [1.29, 1.82) is 0 Å².